The van der Waals surface area contributed by atoms with Crippen molar-refractivity contribution in [1.82, 2.24) is 20.5 Å². The molecule has 1 saturated heterocycles. The Morgan fingerprint density at radius 3 is 2.61 bits per heavy atom. The monoisotopic (exact) mass is 445 g/mol. The van der Waals surface area contributed by atoms with Crippen molar-refractivity contribution in [2.45, 2.75) is 46.1 Å². The average Bonchev–Trinajstić information content (AvgIpc) is 3.25. The van der Waals surface area contributed by atoms with Gasteiger partial charge < -0.3 is 20.5 Å². The van der Waals surface area contributed by atoms with Gasteiger partial charge in [0.15, 0.2) is 5.96 Å². The summed E-state index contributed by atoms with van der Waals surface area (Å²) in [5.41, 5.74) is 5.62. The number of rotatable bonds is 7. The van der Waals surface area contributed by atoms with E-state index >= 15 is 0 Å². The molecule has 0 bridgehead atoms. The Morgan fingerprint density at radius 1 is 1.06 bits per heavy atom. The number of benzene rings is 2. The summed E-state index contributed by atoms with van der Waals surface area (Å²) in [4.78, 5) is 22.7. The number of nitrogens with one attached hydrogen (secondary N) is 3. The molecule has 2 aromatic carbocycles. The maximum absolute atomic E-state index is 12.7. The van der Waals surface area contributed by atoms with E-state index in [0.717, 1.165) is 62.5 Å². The van der Waals surface area contributed by atoms with Gasteiger partial charge in [0.25, 0.3) is 5.91 Å². The number of amides is 1. The largest absolute Gasteiger partial charge is 0.361 e. The number of aromatic amines is 1. The number of carbonyl (C=O) groups excluding carboxylic acids is 1. The third-order valence-corrected chi connectivity index (χ3v) is 6.22. The van der Waals surface area contributed by atoms with Gasteiger partial charge in [-0.2, -0.15) is 0 Å². The SMILES string of the molecule is CCNC(=NCc1ccc(C(=O)N2CCCCC2)cc1)NCCc1c[nH]c2cc(C)ccc12. The van der Waals surface area contributed by atoms with Crippen LogP contribution < -0.4 is 10.6 Å². The molecule has 0 saturated carbocycles. The van der Waals surface area contributed by atoms with Gasteiger partial charge in [0.1, 0.15) is 0 Å². The van der Waals surface area contributed by atoms with Gasteiger partial charge >= 0.3 is 0 Å². The molecular formula is C27H35N5O. The molecule has 0 aliphatic carbocycles. The predicted molar refractivity (Wildman–Crippen MR) is 136 cm³/mol. The molecule has 1 aliphatic rings. The Hall–Kier alpha value is -3.28. The standard InChI is InChI=1S/C27H35N5O/c1-3-28-27(29-14-13-23-19-30-25-17-20(2)7-12-24(23)25)31-18-21-8-10-22(11-9-21)26(33)32-15-5-4-6-16-32/h7-12,17,19,30H,3-6,13-16,18H2,1-2H3,(H2,28,29,31). The number of aryl methyl sites for hydroxylation is 1. The van der Waals surface area contributed by atoms with Crippen LogP contribution in [-0.2, 0) is 13.0 Å². The molecule has 4 rings (SSSR count). The van der Waals surface area contributed by atoms with Crippen molar-refractivity contribution in [3.8, 4) is 0 Å². The smallest absolute Gasteiger partial charge is 0.253 e. The highest BCUT2D eigenvalue weighted by Gasteiger charge is 2.17. The number of guanidine groups is 1. The lowest BCUT2D eigenvalue weighted by Gasteiger charge is -2.26. The fourth-order valence-corrected chi connectivity index (χ4v) is 4.37. The third kappa shape index (κ3) is 5.95. The van der Waals surface area contributed by atoms with Crippen LogP contribution in [0.1, 0.15) is 53.2 Å². The summed E-state index contributed by atoms with van der Waals surface area (Å²) in [5, 5.41) is 8.04. The summed E-state index contributed by atoms with van der Waals surface area (Å²) in [7, 11) is 0. The van der Waals surface area contributed by atoms with E-state index in [1.165, 1.54) is 28.5 Å². The van der Waals surface area contributed by atoms with Gasteiger partial charge in [-0.1, -0.05) is 24.3 Å². The predicted octanol–water partition coefficient (Wildman–Crippen LogP) is 4.40. The minimum absolute atomic E-state index is 0.146. The zero-order valence-corrected chi connectivity index (χ0v) is 19.8. The summed E-state index contributed by atoms with van der Waals surface area (Å²) in [6, 6.07) is 14.4. The maximum Gasteiger partial charge on any atom is 0.253 e. The topological polar surface area (TPSA) is 72.5 Å². The first-order valence-corrected chi connectivity index (χ1v) is 12.1. The molecule has 3 aromatic rings. The van der Waals surface area contributed by atoms with E-state index in [4.69, 9.17) is 4.99 Å². The van der Waals surface area contributed by atoms with Gasteiger partial charge in [-0.15, -0.1) is 0 Å². The molecule has 0 spiro atoms. The minimum Gasteiger partial charge on any atom is -0.361 e. The molecular weight excluding hydrogens is 410 g/mol. The third-order valence-electron chi connectivity index (χ3n) is 6.22. The molecule has 33 heavy (non-hydrogen) atoms. The maximum atomic E-state index is 12.7. The summed E-state index contributed by atoms with van der Waals surface area (Å²) in [6.07, 6.45) is 6.46. The Labute approximate surface area is 196 Å². The highest BCUT2D eigenvalue weighted by atomic mass is 16.2. The first-order valence-electron chi connectivity index (χ1n) is 12.1. The number of likely N-dealkylation sites (tertiary alicyclic amines) is 1. The van der Waals surface area contributed by atoms with Crippen molar-refractivity contribution in [1.29, 1.82) is 0 Å². The van der Waals surface area contributed by atoms with Crippen molar-refractivity contribution in [2.24, 2.45) is 4.99 Å². The summed E-state index contributed by atoms with van der Waals surface area (Å²) >= 11 is 0. The van der Waals surface area contributed by atoms with Gasteiger partial charge in [-0.3, -0.25) is 4.79 Å². The first kappa shape index (κ1) is 22.9. The van der Waals surface area contributed by atoms with E-state index in [1.807, 2.05) is 29.2 Å². The van der Waals surface area contributed by atoms with E-state index in [0.29, 0.717) is 6.54 Å². The van der Waals surface area contributed by atoms with E-state index in [2.05, 4.69) is 53.9 Å². The van der Waals surface area contributed by atoms with Crippen LogP contribution in [0.15, 0.2) is 53.7 Å². The van der Waals surface area contributed by atoms with Crippen LogP contribution in [0.4, 0.5) is 0 Å². The van der Waals surface area contributed by atoms with Crippen molar-refractivity contribution < 1.29 is 4.79 Å². The van der Waals surface area contributed by atoms with Gasteiger partial charge in [-0.05, 0) is 74.4 Å². The lowest BCUT2D eigenvalue weighted by Crippen LogP contribution is -2.38. The van der Waals surface area contributed by atoms with Crippen LogP contribution in [0, 0.1) is 6.92 Å². The van der Waals surface area contributed by atoms with Gasteiger partial charge in [0, 0.05) is 48.8 Å². The molecule has 1 aromatic heterocycles. The van der Waals surface area contributed by atoms with Crippen LogP contribution in [0.2, 0.25) is 0 Å². The van der Waals surface area contributed by atoms with Crippen molar-refractivity contribution in [3.63, 3.8) is 0 Å². The van der Waals surface area contributed by atoms with E-state index in [9.17, 15) is 4.79 Å². The number of aromatic nitrogens is 1. The molecule has 2 heterocycles. The molecule has 0 atom stereocenters. The van der Waals surface area contributed by atoms with Crippen molar-refractivity contribution in [3.05, 3.63) is 70.9 Å². The van der Waals surface area contributed by atoms with E-state index in [1.54, 1.807) is 0 Å². The highest BCUT2D eigenvalue weighted by Crippen LogP contribution is 2.19. The number of H-pyrrole nitrogens is 1. The van der Waals surface area contributed by atoms with E-state index < -0.39 is 0 Å². The zero-order valence-electron chi connectivity index (χ0n) is 19.8. The fourth-order valence-electron chi connectivity index (χ4n) is 4.37. The molecule has 6 heteroatoms. The molecule has 0 unspecified atom stereocenters. The molecule has 1 amide bonds. The second-order valence-corrected chi connectivity index (χ2v) is 8.78. The number of hydrogen-bond acceptors (Lipinski definition) is 2. The van der Waals surface area contributed by atoms with Crippen molar-refractivity contribution in [2.75, 3.05) is 26.2 Å². The van der Waals surface area contributed by atoms with E-state index in [-0.39, 0.29) is 5.91 Å². The number of carbonyl (C=O) groups is 1. The minimum atomic E-state index is 0.146. The molecule has 1 aliphatic heterocycles. The summed E-state index contributed by atoms with van der Waals surface area (Å²) in [5.74, 6) is 0.953. The average molecular weight is 446 g/mol. The lowest BCUT2D eigenvalue weighted by atomic mass is 10.1. The zero-order chi connectivity index (χ0) is 23.0. The molecule has 6 nitrogen and oxygen atoms in total. The molecule has 174 valence electrons. The Bertz CT molecular complexity index is 1090. The van der Waals surface area contributed by atoms with Crippen LogP contribution in [0.25, 0.3) is 10.9 Å². The number of piperidine rings is 1. The van der Waals surface area contributed by atoms with Gasteiger partial charge in [-0.25, -0.2) is 4.99 Å². The highest BCUT2D eigenvalue weighted by molar-refractivity contribution is 5.94. The summed E-state index contributed by atoms with van der Waals surface area (Å²) < 4.78 is 0. The number of nitrogens with zero attached hydrogens (tertiary/aromatic N) is 2. The van der Waals surface area contributed by atoms with Crippen LogP contribution in [0.3, 0.4) is 0 Å². The normalized spacial score (nSPS) is 14.5. The quantitative estimate of drug-likeness (QED) is 0.373. The van der Waals surface area contributed by atoms with Crippen LogP contribution in [-0.4, -0.2) is 47.9 Å². The lowest BCUT2D eigenvalue weighted by molar-refractivity contribution is 0.0724. The Kier molecular flexibility index (Phi) is 7.66. The summed E-state index contributed by atoms with van der Waals surface area (Å²) in [6.45, 7) is 8.11. The van der Waals surface area contributed by atoms with Crippen LogP contribution >= 0.6 is 0 Å². The second-order valence-electron chi connectivity index (χ2n) is 8.78. The first-order chi connectivity index (χ1) is 16.1. The Balaban J connectivity index is 1.32. The second kappa shape index (κ2) is 11.0. The van der Waals surface area contributed by atoms with Gasteiger partial charge in [0.2, 0.25) is 0 Å². The Morgan fingerprint density at radius 2 is 1.85 bits per heavy atom. The molecule has 0 radical (unpaired) electrons. The van der Waals surface area contributed by atoms with Crippen molar-refractivity contribution >= 4 is 22.8 Å². The molecule has 3 N–H and O–H groups in total. The van der Waals surface area contributed by atoms with Crippen LogP contribution in [0.5, 0.6) is 0 Å². The van der Waals surface area contributed by atoms with Gasteiger partial charge in [0.05, 0.1) is 6.54 Å². The molecule has 1 fully saturated rings. The fraction of sp³-hybridized carbons (Fsp3) is 0.407. The number of hydrogen-bond donors (Lipinski definition) is 3. The number of aliphatic imine (C=N–C) groups is 1. The number of fused-ring (bicyclic) bond motifs is 1.